The Morgan fingerprint density at radius 1 is 1.19 bits per heavy atom. The lowest BCUT2D eigenvalue weighted by molar-refractivity contribution is -0.128. The molecule has 1 aliphatic carbocycles. The molecule has 2 N–H and O–H groups in total. The average Bonchev–Trinajstić information content (AvgIpc) is 3.01. The molecular formula is C20H32N4O2S. The molecule has 2 heterocycles. The maximum atomic E-state index is 12.6. The number of carbonyl (C=O) groups excluding carboxylic acids is 2. The van der Waals surface area contributed by atoms with E-state index in [1.807, 2.05) is 6.92 Å². The first-order valence-electron chi connectivity index (χ1n) is 10.3. The fraction of sp³-hybridized carbons (Fsp3) is 0.750. The summed E-state index contributed by atoms with van der Waals surface area (Å²) in [5.41, 5.74) is 1.05. The lowest BCUT2D eigenvalue weighted by Gasteiger charge is -2.33. The molecule has 0 aromatic carbocycles. The molecule has 1 aliphatic heterocycles. The Kier molecular flexibility index (Phi) is 7.24. The van der Waals surface area contributed by atoms with E-state index in [9.17, 15) is 9.59 Å². The minimum absolute atomic E-state index is 0.00211. The fourth-order valence-corrected chi connectivity index (χ4v) is 5.07. The third-order valence-corrected chi connectivity index (χ3v) is 6.60. The monoisotopic (exact) mass is 392 g/mol. The van der Waals surface area contributed by atoms with Gasteiger partial charge in [0.25, 0.3) is 0 Å². The summed E-state index contributed by atoms with van der Waals surface area (Å²) in [4.78, 5) is 32.7. The molecule has 7 heteroatoms. The van der Waals surface area contributed by atoms with Gasteiger partial charge in [0.2, 0.25) is 11.8 Å². The zero-order chi connectivity index (χ0) is 19.2. The molecule has 27 heavy (non-hydrogen) atoms. The number of likely N-dealkylation sites (tertiary alicyclic amines) is 1. The number of hydrogen-bond donors (Lipinski definition) is 2. The minimum atomic E-state index is -0.0419. The molecule has 1 unspecified atom stereocenters. The summed E-state index contributed by atoms with van der Waals surface area (Å²) < 4.78 is 0. The van der Waals surface area contributed by atoms with Gasteiger partial charge in [0.05, 0.1) is 18.2 Å². The summed E-state index contributed by atoms with van der Waals surface area (Å²) in [7, 11) is 0. The number of rotatable bonds is 6. The minimum Gasteiger partial charge on any atom is -0.353 e. The molecular weight excluding hydrogens is 360 g/mol. The smallest absolute Gasteiger partial charge is 0.240 e. The van der Waals surface area contributed by atoms with Gasteiger partial charge in [0, 0.05) is 17.5 Å². The maximum absolute atomic E-state index is 12.6. The van der Waals surface area contributed by atoms with Crippen LogP contribution in [0.4, 0.5) is 5.13 Å². The van der Waals surface area contributed by atoms with Gasteiger partial charge >= 0.3 is 0 Å². The fourth-order valence-electron chi connectivity index (χ4n) is 4.15. The number of nitrogens with one attached hydrogen (secondary N) is 2. The van der Waals surface area contributed by atoms with Gasteiger partial charge in [0.15, 0.2) is 5.13 Å². The number of piperidine rings is 1. The summed E-state index contributed by atoms with van der Waals surface area (Å²) in [5, 5.41) is 6.84. The highest BCUT2D eigenvalue weighted by atomic mass is 32.1. The van der Waals surface area contributed by atoms with E-state index in [-0.39, 0.29) is 17.7 Å². The van der Waals surface area contributed by atoms with Crippen LogP contribution in [-0.4, -0.2) is 47.4 Å². The number of amides is 2. The number of anilines is 1. The lowest BCUT2D eigenvalue weighted by atomic mass is 9.93. The van der Waals surface area contributed by atoms with E-state index in [0.717, 1.165) is 49.2 Å². The average molecular weight is 393 g/mol. The molecule has 3 rings (SSSR count). The van der Waals surface area contributed by atoms with Crippen LogP contribution in [0.15, 0.2) is 0 Å². The van der Waals surface area contributed by atoms with Crippen LogP contribution >= 0.6 is 11.3 Å². The molecule has 1 saturated carbocycles. The van der Waals surface area contributed by atoms with Crippen molar-refractivity contribution in [2.45, 2.75) is 71.3 Å². The van der Waals surface area contributed by atoms with Crippen molar-refractivity contribution in [2.24, 2.45) is 5.92 Å². The first kappa shape index (κ1) is 20.3. The van der Waals surface area contributed by atoms with Crippen LogP contribution in [0, 0.1) is 12.8 Å². The number of hydrogen-bond acceptors (Lipinski definition) is 5. The van der Waals surface area contributed by atoms with Crippen molar-refractivity contribution in [1.29, 1.82) is 0 Å². The van der Waals surface area contributed by atoms with Crippen molar-refractivity contribution in [3.05, 3.63) is 10.6 Å². The van der Waals surface area contributed by atoms with Gasteiger partial charge in [-0.25, -0.2) is 4.98 Å². The molecule has 150 valence electrons. The van der Waals surface area contributed by atoms with Crippen molar-refractivity contribution in [2.75, 3.05) is 25.0 Å². The van der Waals surface area contributed by atoms with E-state index in [1.165, 1.54) is 30.6 Å². The quantitative estimate of drug-likeness (QED) is 0.780. The first-order chi connectivity index (χ1) is 13.0. The first-order valence-corrected chi connectivity index (χ1v) is 11.2. The highest BCUT2D eigenvalue weighted by Gasteiger charge is 2.28. The van der Waals surface area contributed by atoms with Crippen LogP contribution in [0.3, 0.4) is 0 Å². The Hall–Kier alpha value is -1.47. The van der Waals surface area contributed by atoms with E-state index >= 15 is 0 Å². The topological polar surface area (TPSA) is 74.3 Å². The van der Waals surface area contributed by atoms with Gasteiger partial charge in [0.1, 0.15) is 0 Å². The molecule has 1 atom stereocenters. The van der Waals surface area contributed by atoms with Crippen molar-refractivity contribution in [3.8, 4) is 0 Å². The van der Waals surface area contributed by atoms with Gasteiger partial charge in [-0.3, -0.25) is 14.5 Å². The van der Waals surface area contributed by atoms with E-state index < -0.39 is 0 Å². The van der Waals surface area contributed by atoms with Gasteiger partial charge < -0.3 is 10.6 Å². The van der Waals surface area contributed by atoms with Crippen molar-refractivity contribution < 1.29 is 9.59 Å². The molecule has 0 radical (unpaired) electrons. The zero-order valence-electron chi connectivity index (χ0n) is 16.6. The van der Waals surface area contributed by atoms with Crippen molar-refractivity contribution in [1.82, 2.24) is 15.2 Å². The Labute approximate surface area is 166 Å². The molecule has 0 spiro atoms. The number of aryl methyl sites for hydroxylation is 2. The maximum Gasteiger partial charge on any atom is 0.240 e. The highest BCUT2D eigenvalue weighted by molar-refractivity contribution is 7.15. The number of carbonyl (C=O) groups is 2. The van der Waals surface area contributed by atoms with E-state index in [4.69, 9.17) is 0 Å². The van der Waals surface area contributed by atoms with E-state index in [0.29, 0.717) is 24.3 Å². The van der Waals surface area contributed by atoms with Crippen LogP contribution in [-0.2, 0) is 16.0 Å². The van der Waals surface area contributed by atoms with Gasteiger partial charge in [-0.05, 0) is 45.6 Å². The number of aromatic nitrogens is 1. The van der Waals surface area contributed by atoms with Crippen LogP contribution in [0.25, 0.3) is 0 Å². The Morgan fingerprint density at radius 2 is 1.96 bits per heavy atom. The molecule has 1 aromatic rings. The molecule has 1 saturated heterocycles. The second-order valence-corrected chi connectivity index (χ2v) is 9.04. The van der Waals surface area contributed by atoms with E-state index in [2.05, 4.69) is 27.4 Å². The number of thiazole rings is 1. The molecule has 1 aromatic heterocycles. The molecule has 6 nitrogen and oxygen atoms in total. The standard InChI is InChI=1S/C20H32N4O2S/c1-3-17-14(2)27-20(22-17)23-18(25)13-24-11-7-8-15(12-24)19(26)21-16-9-5-4-6-10-16/h15-16H,3-13H2,1-2H3,(H,21,26)(H,22,23,25). The van der Waals surface area contributed by atoms with Gasteiger partial charge in [-0.15, -0.1) is 11.3 Å². The Bertz CT molecular complexity index is 654. The number of nitrogens with zero attached hydrogens (tertiary/aromatic N) is 2. The van der Waals surface area contributed by atoms with Gasteiger partial charge in [-0.1, -0.05) is 26.2 Å². The Balaban J connectivity index is 1.46. The summed E-state index contributed by atoms with van der Waals surface area (Å²) >= 11 is 1.53. The third kappa shape index (κ3) is 5.75. The summed E-state index contributed by atoms with van der Waals surface area (Å²) in [5.74, 6) is 0.136. The predicted octanol–water partition coefficient (Wildman–Crippen LogP) is 3.11. The van der Waals surface area contributed by atoms with Crippen LogP contribution < -0.4 is 10.6 Å². The largest absolute Gasteiger partial charge is 0.353 e. The lowest BCUT2D eigenvalue weighted by Crippen LogP contribution is -2.47. The molecule has 2 amide bonds. The second kappa shape index (κ2) is 9.64. The normalized spacial score (nSPS) is 21.8. The summed E-state index contributed by atoms with van der Waals surface area (Å²) in [6.07, 6.45) is 8.71. The van der Waals surface area contributed by atoms with Crippen LogP contribution in [0.5, 0.6) is 0 Å². The Morgan fingerprint density at radius 3 is 2.67 bits per heavy atom. The third-order valence-electron chi connectivity index (χ3n) is 5.67. The molecule has 2 aliphatic rings. The van der Waals surface area contributed by atoms with Gasteiger partial charge in [-0.2, -0.15) is 0 Å². The van der Waals surface area contributed by atoms with E-state index in [1.54, 1.807) is 0 Å². The second-order valence-electron chi connectivity index (χ2n) is 7.84. The zero-order valence-corrected chi connectivity index (χ0v) is 17.4. The van der Waals surface area contributed by atoms with Crippen molar-refractivity contribution >= 4 is 28.3 Å². The summed E-state index contributed by atoms with van der Waals surface area (Å²) in [6, 6.07) is 0.353. The molecule has 0 bridgehead atoms. The summed E-state index contributed by atoms with van der Waals surface area (Å²) in [6.45, 7) is 5.97. The van der Waals surface area contributed by atoms with Crippen LogP contribution in [0.1, 0.15) is 62.4 Å². The van der Waals surface area contributed by atoms with Crippen LogP contribution in [0.2, 0.25) is 0 Å². The SMILES string of the molecule is CCc1nc(NC(=O)CN2CCCC(C(=O)NC3CCCCC3)C2)sc1C. The predicted molar refractivity (Wildman–Crippen MR) is 109 cm³/mol. The van der Waals surface area contributed by atoms with Crippen molar-refractivity contribution in [3.63, 3.8) is 0 Å². The molecule has 2 fully saturated rings. The highest BCUT2D eigenvalue weighted by Crippen LogP contribution is 2.23.